The highest BCUT2D eigenvalue weighted by Crippen LogP contribution is 2.29. The van der Waals surface area contributed by atoms with Crippen molar-refractivity contribution in [3.05, 3.63) is 54.6 Å². The lowest BCUT2D eigenvalue weighted by molar-refractivity contribution is 0.476. The fourth-order valence-electron chi connectivity index (χ4n) is 1.61. The quantitative estimate of drug-likeness (QED) is 0.923. The number of para-hydroxylation sites is 2. The summed E-state index contributed by atoms with van der Waals surface area (Å²) in [5, 5.41) is 9.69. The summed E-state index contributed by atoms with van der Waals surface area (Å²) in [5.74, 6) is -0.0699. The van der Waals surface area contributed by atoms with Gasteiger partial charge in [0.25, 0.3) is 10.0 Å². The van der Waals surface area contributed by atoms with Gasteiger partial charge in [0.1, 0.15) is 5.75 Å². The SMILES string of the molecule is CN(c1ccccc1O)S(=O)(=O)c1ccccc1. The highest BCUT2D eigenvalue weighted by molar-refractivity contribution is 7.92. The molecule has 0 aliphatic rings. The number of phenolic OH excluding ortho intramolecular Hbond substituents is 1. The van der Waals surface area contributed by atoms with Crippen LogP contribution < -0.4 is 4.31 Å². The van der Waals surface area contributed by atoms with Crippen LogP contribution in [-0.2, 0) is 10.0 Å². The molecule has 5 heteroatoms. The standard InChI is InChI=1S/C13H13NO3S/c1-14(12-9-5-6-10-13(12)15)18(16,17)11-7-3-2-4-8-11/h2-10,15H,1H3. The first kappa shape index (κ1) is 12.4. The van der Waals surface area contributed by atoms with Crippen molar-refractivity contribution in [2.45, 2.75) is 4.90 Å². The summed E-state index contributed by atoms with van der Waals surface area (Å²) >= 11 is 0. The average Bonchev–Trinajstić information content (AvgIpc) is 2.39. The number of benzene rings is 2. The van der Waals surface area contributed by atoms with Crippen molar-refractivity contribution in [1.82, 2.24) is 0 Å². The molecule has 0 fully saturated rings. The van der Waals surface area contributed by atoms with E-state index in [4.69, 9.17) is 0 Å². The monoisotopic (exact) mass is 263 g/mol. The zero-order chi connectivity index (χ0) is 13.2. The number of aromatic hydroxyl groups is 1. The number of phenols is 1. The van der Waals surface area contributed by atoms with Crippen molar-refractivity contribution >= 4 is 15.7 Å². The Kier molecular flexibility index (Phi) is 3.25. The number of hydrogen-bond acceptors (Lipinski definition) is 3. The topological polar surface area (TPSA) is 57.6 Å². The van der Waals surface area contributed by atoms with Gasteiger partial charge in [0.05, 0.1) is 10.6 Å². The third-order valence-electron chi connectivity index (χ3n) is 2.62. The van der Waals surface area contributed by atoms with Gasteiger partial charge in [-0.2, -0.15) is 0 Å². The molecule has 0 spiro atoms. The van der Waals surface area contributed by atoms with E-state index in [1.807, 2.05) is 0 Å². The van der Waals surface area contributed by atoms with Crippen LogP contribution in [0, 0.1) is 0 Å². The Hall–Kier alpha value is -2.01. The van der Waals surface area contributed by atoms with Crippen LogP contribution in [0.4, 0.5) is 5.69 Å². The second-order valence-electron chi connectivity index (χ2n) is 3.77. The smallest absolute Gasteiger partial charge is 0.264 e. The molecule has 4 nitrogen and oxygen atoms in total. The van der Waals surface area contributed by atoms with Crippen LogP contribution in [0.3, 0.4) is 0 Å². The second-order valence-corrected chi connectivity index (χ2v) is 5.74. The third-order valence-corrected chi connectivity index (χ3v) is 4.41. The first-order valence-corrected chi connectivity index (χ1v) is 6.79. The van der Waals surface area contributed by atoms with Gasteiger partial charge < -0.3 is 5.11 Å². The first-order valence-electron chi connectivity index (χ1n) is 5.35. The van der Waals surface area contributed by atoms with E-state index in [-0.39, 0.29) is 16.3 Å². The molecule has 0 aromatic heterocycles. The van der Waals surface area contributed by atoms with E-state index < -0.39 is 10.0 Å². The highest BCUT2D eigenvalue weighted by Gasteiger charge is 2.22. The average molecular weight is 263 g/mol. The number of rotatable bonds is 3. The van der Waals surface area contributed by atoms with Crippen LogP contribution in [0.5, 0.6) is 5.75 Å². The van der Waals surface area contributed by atoms with Crippen LogP contribution in [0.25, 0.3) is 0 Å². The minimum Gasteiger partial charge on any atom is -0.506 e. The van der Waals surface area contributed by atoms with E-state index in [1.54, 1.807) is 36.4 Å². The molecule has 0 unspecified atom stereocenters. The molecule has 0 saturated carbocycles. The Morgan fingerprint density at radius 2 is 1.50 bits per heavy atom. The Balaban J connectivity index is 2.47. The van der Waals surface area contributed by atoms with Crippen molar-refractivity contribution in [2.24, 2.45) is 0 Å². The van der Waals surface area contributed by atoms with Crippen molar-refractivity contribution in [3.8, 4) is 5.75 Å². The molecule has 0 radical (unpaired) electrons. The molecule has 2 rings (SSSR count). The molecule has 0 heterocycles. The number of sulfonamides is 1. The van der Waals surface area contributed by atoms with Crippen LogP contribution in [0.15, 0.2) is 59.5 Å². The van der Waals surface area contributed by atoms with Gasteiger partial charge in [-0.25, -0.2) is 8.42 Å². The van der Waals surface area contributed by atoms with Crippen LogP contribution in [0.2, 0.25) is 0 Å². The van der Waals surface area contributed by atoms with E-state index in [9.17, 15) is 13.5 Å². The van der Waals surface area contributed by atoms with Crippen molar-refractivity contribution in [3.63, 3.8) is 0 Å². The van der Waals surface area contributed by atoms with Crippen molar-refractivity contribution in [1.29, 1.82) is 0 Å². The maximum atomic E-state index is 12.3. The summed E-state index contributed by atoms with van der Waals surface area (Å²) < 4.78 is 25.7. The largest absolute Gasteiger partial charge is 0.506 e. The minimum atomic E-state index is -3.64. The Morgan fingerprint density at radius 1 is 0.944 bits per heavy atom. The molecular weight excluding hydrogens is 250 g/mol. The van der Waals surface area contributed by atoms with Crippen LogP contribution >= 0.6 is 0 Å². The van der Waals surface area contributed by atoms with Crippen LogP contribution in [0.1, 0.15) is 0 Å². The minimum absolute atomic E-state index is 0.0699. The fourth-order valence-corrected chi connectivity index (χ4v) is 2.84. The van der Waals surface area contributed by atoms with Gasteiger partial charge in [-0.05, 0) is 24.3 Å². The maximum absolute atomic E-state index is 12.3. The molecule has 0 aliphatic carbocycles. The molecule has 18 heavy (non-hydrogen) atoms. The van der Waals surface area contributed by atoms with Gasteiger partial charge in [-0.1, -0.05) is 30.3 Å². The second kappa shape index (κ2) is 4.70. The summed E-state index contributed by atoms with van der Waals surface area (Å²) in [6.07, 6.45) is 0. The van der Waals surface area contributed by atoms with Crippen molar-refractivity contribution < 1.29 is 13.5 Å². The zero-order valence-electron chi connectivity index (χ0n) is 9.82. The summed E-state index contributed by atoms with van der Waals surface area (Å²) in [7, 11) is -2.23. The lowest BCUT2D eigenvalue weighted by Crippen LogP contribution is -2.26. The summed E-state index contributed by atoms with van der Waals surface area (Å²) in [5.41, 5.74) is 0.251. The fraction of sp³-hybridized carbons (Fsp3) is 0.0769. The van der Waals surface area contributed by atoms with Gasteiger partial charge >= 0.3 is 0 Å². The first-order chi connectivity index (χ1) is 8.53. The lowest BCUT2D eigenvalue weighted by Gasteiger charge is -2.20. The van der Waals surface area contributed by atoms with Gasteiger partial charge in [0.15, 0.2) is 0 Å². The number of nitrogens with zero attached hydrogens (tertiary/aromatic N) is 1. The molecule has 0 saturated heterocycles. The van der Waals surface area contributed by atoms with Crippen LogP contribution in [-0.4, -0.2) is 20.6 Å². The van der Waals surface area contributed by atoms with E-state index >= 15 is 0 Å². The van der Waals surface area contributed by atoms with E-state index in [1.165, 1.54) is 25.2 Å². The molecule has 0 atom stereocenters. The lowest BCUT2D eigenvalue weighted by atomic mass is 10.3. The van der Waals surface area contributed by atoms with Gasteiger partial charge in [0.2, 0.25) is 0 Å². The summed E-state index contributed by atoms with van der Waals surface area (Å²) in [4.78, 5) is 0.191. The molecule has 2 aromatic carbocycles. The van der Waals surface area contributed by atoms with Gasteiger partial charge in [-0.15, -0.1) is 0 Å². The number of hydrogen-bond donors (Lipinski definition) is 1. The Bertz CT molecular complexity index is 638. The normalized spacial score (nSPS) is 11.2. The summed E-state index contributed by atoms with van der Waals surface area (Å²) in [6.45, 7) is 0. The van der Waals surface area contributed by atoms with Gasteiger partial charge in [0, 0.05) is 7.05 Å². The Labute approximate surface area is 106 Å². The predicted octanol–water partition coefficient (Wildman–Crippen LogP) is 2.22. The molecule has 2 aromatic rings. The molecular formula is C13H13NO3S. The summed E-state index contributed by atoms with van der Waals surface area (Å²) in [6, 6.07) is 14.4. The molecule has 94 valence electrons. The van der Waals surface area contributed by atoms with E-state index in [0.29, 0.717) is 0 Å². The van der Waals surface area contributed by atoms with E-state index in [0.717, 1.165) is 4.31 Å². The molecule has 0 amide bonds. The molecule has 0 bridgehead atoms. The van der Waals surface area contributed by atoms with Gasteiger partial charge in [-0.3, -0.25) is 4.31 Å². The highest BCUT2D eigenvalue weighted by atomic mass is 32.2. The van der Waals surface area contributed by atoms with E-state index in [2.05, 4.69) is 0 Å². The molecule has 1 N–H and O–H groups in total. The number of anilines is 1. The Morgan fingerprint density at radius 3 is 2.11 bits per heavy atom. The maximum Gasteiger partial charge on any atom is 0.264 e. The third kappa shape index (κ3) is 2.17. The van der Waals surface area contributed by atoms with Crippen molar-refractivity contribution in [2.75, 3.05) is 11.4 Å². The zero-order valence-corrected chi connectivity index (χ0v) is 10.6. The predicted molar refractivity (Wildman–Crippen MR) is 70.1 cm³/mol. The molecule has 0 aliphatic heterocycles.